The Morgan fingerprint density at radius 3 is 2.64 bits per heavy atom. The zero-order valence-corrected chi connectivity index (χ0v) is 28.2. The van der Waals surface area contributed by atoms with Crippen LogP contribution in [0, 0.1) is 5.92 Å². The van der Waals surface area contributed by atoms with Crippen molar-refractivity contribution in [2.75, 3.05) is 32.7 Å². The monoisotopic (exact) mass is 690 g/mol. The van der Waals surface area contributed by atoms with E-state index in [-0.39, 0.29) is 61.3 Å². The van der Waals surface area contributed by atoms with E-state index in [0.29, 0.717) is 13.0 Å². The Labute approximate surface area is 290 Å². The topological polar surface area (TPSA) is 228 Å². The van der Waals surface area contributed by atoms with E-state index in [4.69, 9.17) is 15.7 Å². The van der Waals surface area contributed by atoms with Gasteiger partial charge in [-0.15, -0.1) is 0 Å². The van der Waals surface area contributed by atoms with E-state index in [1.54, 1.807) is 11.2 Å². The summed E-state index contributed by atoms with van der Waals surface area (Å²) in [6.45, 7) is 3.55. The summed E-state index contributed by atoms with van der Waals surface area (Å²) in [5.41, 5.74) is 2.18. The number of aromatic nitrogens is 3. The van der Waals surface area contributed by atoms with E-state index >= 15 is 0 Å². The molecule has 1 aliphatic heterocycles. The van der Waals surface area contributed by atoms with Gasteiger partial charge in [0.15, 0.2) is 0 Å². The average molecular weight is 691 g/mol. The number of hydrogen-bond donors (Lipinski definition) is 6. The van der Waals surface area contributed by atoms with Crippen LogP contribution in [0.2, 0.25) is 0 Å². The van der Waals surface area contributed by atoms with Crippen LogP contribution in [0.3, 0.4) is 0 Å². The van der Waals surface area contributed by atoms with Crippen LogP contribution in [0.5, 0.6) is 0 Å². The zero-order valence-electron chi connectivity index (χ0n) is 28.2. The number of aryl methyl sites for hydroxylation is 1. The molecule has 2 fully saturated rings. The van der Waals surface area contributed by atoms with Gasteiger partial charge in [-0.3, -0.25) is 29.0 Å². The van der Waals surface area contributed by atoms with Gasteiger partial charge in [-0.25, -0.2) is 4.98 Å². The normalized spacial score (nSPS) is 16.2. The molecule has 0 bridgehead atoms. The van der Waals surface area contributed by atoms with Crippen molar-refractivity contribution >= 4 is 46.8 Å². The summed E-state index contributed by atoms with van der Waals surface area (Å²) in [5.74, 6) is 3.33. The number of aromatic amines is 1. The molecule has 16 nitrogen and oxygen atoms in total. The first-order valence-electron chi connectivity index (χ1n) is 16.8. The summed E-state index contributed by atoms with van der Waals surface area (Å²) < 4.78 is 0. The van der Waals surface area contributed by atoms with Crippen molar-refractivity contribution in [1.29, 1.82) is 0 Å². The number of aliphatic carboxylic acids is 1. The molecule has 0 unspecified atom stereocenters. The molecule has 7 N–H and O–H groups in total. The van der Waals surface area contributed by atoms with Gasteiger partial charge in [-0.05, 0) is 49.7 Å². The predicted octanol–water partition coefficient (Wildman–Crippen LogP) is 1.01. The van der Waals surface area contributed by atoms with E-state index in [9.17, 15) is 19.2 Å². The summed E-state index contributed by atoms with van der Waals surface area (Å²) in [5, 5.41) is 20.7. The fourth-order valence-electron chi connectivity index (χ4n) is 5.89. The molecule has 1 saturated heterocycles. The number of likely N-dealkylation sites (tertiary alicyclic amines) is 1. The van der Waals surface area contributed by atoms with Gasteiger partial charge in [-0.2, -0.15) is 5.10 Å². The lowest BCUT2D eigenvalue weighted by Gasteiger charge is -2.31. The Balaban J connectivity index is 0.00000133. The second-order valence-corrected chi connectivity index (χ2v) is 12.4. The zero-order chi connectivity index (χ0) is 35.9. The van der Waals surface area contributed by atoms with Gasteiger partial charge in [0.05, 0.1) is 12.6 Å². The van der Waals surface area contributed by atoms with E-state index in [2.05, 4.69) is 36.0 Å². The summed E-state index contributed by atoms with van der Waals surface area (Å²) in [4.78, 5) is 76.6. The number of fused-ring (bicyclic) bond motifs is 1. The molecular formula is C34H46N10O6. The minimum atomic E-state index is -1.04. The van der Waals surface area contributed by atoms with Crippen LogP contribution in [0.1, 0.15) is 61.5 Å². The van der Waals surface area contributed by atoms with Gasteiger partial charge in [0.2, 0.25) is 17.7 Å². The Hall–Kier alpha value is -5.54. The molecule has 2 aliphatic rings. The number of hydrogen-bond acceptors (Lipinski definition) is 9. The molecule has 0 spiro atoms. The van der Waals surface area contributed by atoms with E-state index in [0.717, 1.165) is 62.2 Å². The molecule has 0 radical (unpaired) electrons. The van der Waals surface area contributed by atoms with Crippen molar-refractivity contribution in [3.8, 4) is 0 Å². The number of nitrogens with two attached hydrogens (primary N) is 1. The van der Waals surface area contributed by atoms with Gasteiger partial charge in [0.25, 0.3) is 11.9 Å². The molecule has 5 rings (SSSR count). The number of para-hydroxylation sites is 1. The maximum absolute atomic E-state index is 13.9. The Morgan fingerprint density at radius 2 is 1.92 bits per heavy atom. The van der Waals surface area contributed by atoms with Crippen molar-refractivity contribution in [2.24, 2.45) is 16.9 Å². The van der Waals surface area contributed by atoms with E-state index < -0.39 is 17.9 Å². The number of hydrazone groups is 1. The number of carbonyl (C=O) groups excluding carboxylic acids is 4. The van der Waals surface area contributed by atoms with E-state index in [1.165, 1.54) is 18.6 Å². The van der Waals surface area contributed by atoms with Crippen LogP contribution in [-0.4, -0.2) is 111 Å². The second kappa shape index (κ2) is 18.9. The number of carbonyl (C=O) groups is 5. The number of carboxylic acids is 1. The third-order valence-electron chi connectivity index (χ3n) is 8.39. The summed E-state index contributed by atoms with van der Waals surface area (Å²) in [6, 6.07) is 6.82. The molecule has 1 saturated carbocycles. The molecule has 1 aliphatic carbocycles. The maximum atomic E-state index is 13.9. The highest BCUT2D eigenvalue weighted by Gasteiger charge is 2.37. The summed E-state index contributed by atoms with van der Waals surface area (Å²) in [7, 11) is 0. The van der Waals surface area contributed by atoms with Crippen LogP contribution < -0.4 is 21.8 Å². The number of amides is 4. The highest BCUT2D eigenvalue weighted by molar-refractivity contribution is 5.93. The Morgan fingerprint density at radius 1 is 1.14 bits per heavy atom. The fourth-order valence-corrected chi connectivity index (χ4v) is 5.89. The first kappa shape index (κ1) is 37.3. The summed E-state index contributed by atoms with van der Waals surface area (Å²) in [6.07, 6.45) is 11.8. The summed E-state index contributed by atoms with van der Waals surface area (Å²) >= 11 is 0. The highest BCUT2D eigenvalue weighted by atomic mass is 16.4. The van der Waals surface area contributed by atoms with Crippen molar-refractivity contribution in [3.05, 3.63) is 60.3 Å². The van der Waals surface area contributed by atoms with Gasteiger partial charge in [0, 0.05) is 81.6 Å². The Kier molecular flexibility index (Phi) is 14.1. The molecule has 1 aromatic carbocycles. The SMILES string of the molecule is CC(=O)O.NN=CN1CCC[C@@H](CNC(=O)C[C@H](NC(=O)CCc2c[nH]c3ccccc23)C(=O)N(CCNC(=O)c2cnccn2)C2CC2)C1. The molecule has 2 atom stereocenters. The third kappa shape index (κ3) is 11.9. The van der Waals surface area contributed by atoms with Gasteiger partial charge in [0.1, 0.15) is 18.1 Å². The van der Waals surface area contributed by atoms with Crippen LogP contribution in [-0.2, 0) is 25.6 Å². The predicted molar refractivity (Wildman–Crippen MR) is 186 cm³/mol. The highest BCUT2D eigenvalue weighted by Crippen LogP contribution is 2.27. The molecule has 3 aromatic rings. The number of nitrogens with one attached hydrogen (secondary N) is 4. The van der Waals surface area contributed by atoms with Gasteiger partial charge >= 0.3 is 0 Å². The van der Waals surface area contributed by atoms with Crippen molar-refractivity contribution in [1.82, 2.24) is 40.7 Å². The number of piperidine rings is 1. The maximum Gasteiger partial charge on any atom is 0.300 e. The van der Waals surface area contributed by atoms with Crippen LogP contribution in [0.15, 0.2) is 54.2 Å². The first-order valence-corrected chi connectivity index (χ1v) is 16.8. The lowest BCUT2D eigenvalue weighted by Crippen LogP contribution is -2.53. The minimum Gasteiger partial charge on any atom is -0.481 e. The van der Waals surface area contributed by atoms with Gasteiger partial charge in [-0.1, -0.05) is 18.2 Å². The molecule has 2 aromatic heterocycles. The lowest BCUT2D eigenvalue weighted by molar-refractivity contribution is -0.139. The third-order valence-corrected chi connectivity index (χ3v) is 8.39. The van der Waals surface area contributed by atoms with Crippen molar-refractivity contribution in [3.63, 3.8) is 0 Å². The van der Waals surface area contributed by atoms with Crippen molar-refractivity contribution < 1.29 is 29.1 Å². The minimum absolute atomic E-state index is 0.00738. The molecule has 16 heteroatoms. The molecular weight excluding hydrogens is 644 g/mol. The number of carboxylic acid groups (broad SMARTS) is 1. The standard InChI is InChI=1S/C32H42N10O4.C2H4O2/c33-39-21-41-14-3-4-22(20-41)17-38-30(44)16-27(40-29(43)10-7-23-18-37-26-6-2-1-5-25(23)26)32(46)42(24-8-9-24)15-13-36-31(45)28-19-34-11-12-35-28;1-2(3)4/h1-2,5-6,11-12,18-19,21-22,24,27,37H,3-4,7-10,13-17,20,33H2,(H,36,45)(H,38,44)(H,40,43);1H3,(H,3,4)/t22-,27-;/m0./s1. The van der Waals surface area contributed by atoms with Crippen LogP contribution >= 0.6 is 0 Å². The fraction of sp³-hybridized carbons (Fsp3) is 0.471. The number of nitrogens with zero attached hydrogens (tertiary/aromatic N) is 5. The van der Waals surface area contributed by atoms with Crippen LogP contribution in [0.4, 0.5) is 0 Å². The van der Waals surface area contributed by atoms with E-state index in [1.807, 2.05) is 35.4 Å². The molecule has 4 amide bonds. The van der Waals surface area contributed by atoms with Gasteiger partial charge < -0.3 is 41.7 Å². The number of benzene rings is 1. The number of H-pyrrole nitrogens is 1. The first-order chi connectivity index (χ1) is 24.1. The quantitative estimate of drug-likeness (QED) is 0.0574. The largest absolute Gasteiger partial charge is 0.481 e. The van der Waals surface area contributed by atoms with Crippen molar-refractivity contribution in [2.45, 2.75) is 64.0 Å². The average Bonchev–Trinajstić information content (AvgIpc) is 3.87. The number of rotatable bonds is 15. The Bertz CT molecular complexity index is 1620. The molecule has 50 heavy (non-hydrogen) atoms. The molecule has 3 heterocycles. The smallest absolute Gasteiger partial charge is 0.300 e. The lowest BCUT2D eigenvalue weighted by atomic mass is 9.98. The molecule has 268 valence electrons. The van der Waals surface area contributed by atoms with Crippen LogP contribution in [0.25, 0.3) is 10.9 Å². The second-order valence-electron chi connectivity index (χ2n) is 12.4.